The minimum atomic E-state index is -0.676. The van der Waals surface area contributed by atoms with Gasteiger partial charge in [0.05, 0.1) is 20.8 Å². The summed E-state index contributed by atoms with van der Waals surface area (Å²) >= 11 is 0. The van der Waals surface area contributed by atoms with Crippen molar-refractivity contribution in [2.75, 3.05) is 14.2 Å². The molecule has 166 valence electrons. The first-order valence-corrected chi connectivity index (χ1v) is 10.6. The number of aromatic nitrogens is 3. The molecule has 5 rings (SSSR count). The Morgan fingerprint density at radius 2 is 1.64 bits per heavy atom. The third-order valence-corrected chi connectivity index (χ3v) is 5.82. The third-order valence-electron chi connectivity index (χ3n) is 5.82. The first kappa shape index (κ1) is 20.8. The number of hydrogen-bond acceptors (Lipinski definition) is 6. The molecule has 1 aromatic heterocycles. The monoisotopic (exact) mass is 441 g/mol. The maximum absolute atomic E-state index is 12.2. The lowest BCUT2D eigenvalue weighted by Gasteiger charge is -2.26. The minimum Gasteiger partial charge on any atom is -0.493 e. The van der Waals surface area contributed by atoms with Crippen LogP contribution in [0.4, 0.5) is 0 Å². The molecule has 0 amide bonds. The average Bonchev–Trinajstić information content (AvgIpc) is 3.24. The Kier molecular flexibility index (Phi) is 5.30. The van der Waals surface area contributed by atoms with Crippen LogP contribution in [0.3, 0.4) is 0 Å². The molecule has 4 aromatic rings. The fourth-order valence-electron chi connectivity index (χ4n) is 4.37. The van der Waals surface area contributed by atoms with E-state index < -0.39 is 6.10 Å². The predicted molar refractivity (Wildman–Crippen MR) is 123 cm³/mol. The number of rotatable bonds is 4. The van der Waals surface area contributed by atoms with Crippen molar-refractivity contribution in [2.24, 2.45) is 0 Å². The lowest BCUT2D eigenvalue weighted by Crippen LogP contribution is -2.20. The Hall–Kier alpha value is -4.13. The second-order valence-electron chi connectivity index (χ2n) is 7.79. The van der Waals surface area contributed by atoms with Gasteiger partial charge in [0.15, 0.2) is 17.6 Å². The zero-order valence-electron chi connectivity index (χ0n) is 18.6. The second kappa shape index (κ2) is 8.43. The van der Waals surface area contributed by atoms with E-state index in [4.69, 9.17) is 14.2 Å². The van der Waals surface area contributed by atoms with Gasteiger partial charge >= 0.3 is 5.97 Å². The highest BCUT2D eigenvalue weighted by atomic mass is 16.5. The molecule has 0 radical (unpaired) electrons. The van der Waals surface area contributed by atoms with Gasteiger partial charge in [-0.25, -0.2) is 4.68 Å². The standard InChI is InChI=1S/C26H23N3O4/c1-16(30)33-26-20-12-8-7-11-19(20)21-14-23(32-3)22(31-2)13-18(21)15-29-25(26)24(27-28-29)17-9-5-4-6-10-17/h4-14,26H,15H2,1-3H3/t26-/m0/s1. The molecule has 3 aromatic carbocycles. The van der Waals surface area contributed by atoms with Gasteiger partial charge in [0.2, 0.25) is 0 Å². The highest BCUT2D eigenvalue weighted by Crippen LogP contribution is 2.44. The average molecular weight is 441 g/mol. The zero-order chi connectivity index (χ0) is 22.9. The fourth-order valence-corrected chi connectivity index (χ4v) is 4.37. The van der Waals surface area contributed by atoms with Gasteiger partial charge in [-0.2, -0.15) is 0 Å². The molecule has 0 saturated carbocycles. The van der Waals surface area contributed by atoms with Crippen molar-refractivity contribution >= 4 is 5.97 Å². The molecule has 0 saturated heterocycles. The predicted octanol–water partition coefficient (Wildman–Crippen LogP) is 4.64. The van der Waals surface area contributed by atoms with Gasteiger partial charge in [-0.1, -0.05) is 59.8 Å². The molecule has 1 atom stereocenters. The summed E-state index contributed by atoms with van der Waals surface area (Å²) in [5, 5.41) is 8.96. The van der Waals surface area contributed by atoms with E-state index in [0.29, 0.717) is 23.7 Å². The van der Waals surface area contributed by atoms with Gasteiger partial charge in [0.1, 0.15) is 11.4 Å². The van der Waals surface area contributed by atoms with Crippen molar-refractivity contribution in [2.45, 2.75) is 19.6 Å². The minimum absolute atomic E-state index is 0.380. The third kappa shape index (κ3) is 3.61. The first-order chi connectivity index (χ1) is 16.1. The van der Waals surface area contributed by atoms with Gasteiger partial charge in [-0.3, -0.25) is 4.79 Å². The van der Waals surface area contributed by atoms with Gasteiger partial charge in [0, 0.05) is 18.1 Å². The molecule has 2 heterocycles. The van der Waals surface area contributed by atoms with E-state index in [-0.39, 0.29) is 5.97 Å². The molecule has 1 aliphatic rings. The number of carbonyl (C=O) groups is 1. The summed E-state index contributed by atoms with van der Waals surface area (Å²) in [6, 6.07) is 21.6. The van der Waals surface area contributed by atoms with E-state index in [2.05, 4.69) is 10.3 Å². The van der Waals surface area contributed by atoms with Crippen LogP contribution in [-0.4, -0.2) is 35.2 Å². The Morgan fingerprint density at radius 3 is 2.36 bits per heavy atom. The van der Waals surface area contributed by atoms with E-state index in [0.717, 1.165) is 33.5 Å². The first-order valence-electron chi connectivity index (χ1n) is 10.6. The van der Waals surface area contributed by atoms with Crippen LogP contribution in [0.5, 0.6) is 11.5 Å². The van der Waals surface area contributed by atoms with Crippen LogP contribution >= 0.6 is 0 Å². The van der Waals surface area contributed by atoms with Crippen molar-refractivity contribution < 1.29 is 19.0 Å². The van der Waals surface area contributed by atoms with Crippen molar-refractivity contribution in [3.63, 3.8) is 0 Å². The molecule has 0 unspecified atom stereocenters. The number of hydrogen-bond donors (Lipinski definition) is 0. The number of benzene rings is 3. The van der Waals surface area contributed by atoms with E-state index in [1.54, 1.807) is 18.9 Å². The van der Waals surface area contributed by atoms with Gasteiger partial charge in [-0.15, -0.1) is 5.10 Å². The highest BCUT2D eigenvalue weighted by molar-refractivity contribution is 5.77. The van der Waals surface area contributed by atoms with Gasteiger partial charge in [0.25, 0.3) is 0 Å². The molecule has 0 spiro atoms. The van der Waals surface area contributed by atoms with Crippen LogP contribution in [0.15, 0.2) is 66.7 Å². The van der Waals surface area contributed by atoms with E-state index in [1.807, 2.05) is 66.7 Å². The molecule has 0 N–H and O–H groups in total. The number of fused-ring (bicyclic) bond motifs is 4. The molecule has 0 aliphatic carbocycles. The van der Waals surface area contributed by atoms with Crippen LogP contribution in [0.2, 0.25) is 0 Å². The smallest absolute Gasteiger partial charge is 0.303 e. The fraction of sp³-hybridized carbons (Fsp3) is 0.192. The van der Waals surface area contributed by atoms with Crippen LogP contribution < -0.4 is 9.47 Å². The summed E-state index contributed by atoms with van der Waals surface area (Å²) in [6.07, 6.45) is -0.676. The number of methoxy groups -OCH3 is 2. The largest absolute Gasteiger partial charge is 0.493 e. The summed E-state index contributed by atoms with van der Waals surface area (Å²) in [7, 11) is 3.23. The summed E-state index contributed by atoms with van der Waals surface area (Å²) in [5.74, 6) is 0.880. The van der Waals surface area contributed by atoms with Crippen LogP contribution in [0.25, 0.3) is 22.4 Å². The lowest BCUT2D eigenvalue weighted by atomic mass is 9.89. The number of nitrogens with zero attached hydrogens (tertiary/aromatic N) is 3. The number of ether oxygens (including phenoxy) is 3. The summed E-state index contributed by atoms with van der Waals surface area (Å²) in [5.41, 5.74) is 6.06. The molecule has 0 bridgehead atoms. The van der Waals surface area contributed by atoms with Gasteiger partial charge < -0.3 is 14.2 Å². The number of esters is 1. The molecule has 0 fully saturated rings. The van der Waals surface area contributed by atoms with Crippen molar-refractivity contribution in [3.8, 4) is 33.9 Å². The van der Waals surface area contributed by atoms with Crippen molar-refractivity contribution in [1.29, 1.82) is 0 Å². The number of carbonyl (C=O) groups excluding carboxylic acids is 1. The Bertz CT molecular complexity index is 1330. The maximum atomic E-state index is 12.2. The lowest BCUT2D eigenvalue weighted by molar-refractivity contribution is -0.145. The van der Waals surface area contributed by atoms with Crippen LogP contribution in [0.1, 0.15) is 29.8 Å². The quantitative estimate of drug-likeness (QED) is 0.430. The highest BCUT2D eigenvalue weighted by Gasteiger charge is 2.32. The van der Waals surface area contributed by atoms with Crippen LogP contribution in [0, 0.1) is 0 Å². The van der Waals surface area contributed by atoms with Crippen molar-refractivity contribution in [3.05, 3.63) is 83.6 Å². The SMILES string of the molecule is COc1cc2c(cc1OC)-c1ccccc1[C@H](OC(C)=O)c1c(-c3ccccc3)nnn1C2. The molecule has 33 heavy (non-hydrogen) atoms. The summed E-state index contributed by atoms with van der Waals surface area (Å²) < 4.78 is 18.8. The molecule has 7 nitrogen and oxygen atoms in total. The topological polar surface area (TPSA) is 75.5 Å². The molecular weight excluding hydrogens is 418 g/mol. The Balaban J connectivity index is 1.83. The second-order valence-corrected chi connectivity index (χ2v) is 7.79. The van der Waals surface area contributed by atoms with Crippen LogP contribution in [-0.2, 0) is 16.1 Å². The Labute approximate surface area is 191 Å². The van der Waals surface area contributed by atoms with Gasteiger partial charge in [-0.05, 0) is 28.8 Å². The zero-order valence-corrected chi connectivity index (χ0v) is 18.6. The normalized spacial score (nSPS) is 14.2. The molecule has 7 heteroatoms. The molecular formula is C26H23N3O4. The van der Waals surface area contributed by atoms with Crippen molar-refractivity contribution in [1.82, 2.24) is 15.0 Å². The molecule has 1 aliphatic heterocycles. The van der Waals surface area contributed by atoms with E-state index in [1.165, 1.54) is 6.92 Å². The maximum Gasteiger partial charge on any atom is 0.303 e. The summed E-state index contributed by atoms with van der Waals surface area (Å²) in [4.78, 5) is 12.2. The van der Waals surface area contributed by atoms with E-state index >= 15 is 0 Å². The summed E-state index contributed by atoms with van der Waals surface area (Å²) in [6.45, 7) is 1.84. The van der Waals surface area contributed by atoms with E-state index in [9.17, 15) is 4.79 Å². The Morgan fingerprint density at radius 1 is 0.939 bits per heavy atom.